The van der Waals surface area contributed by atoms with E-state index in [-0.39, 0.29) is 23.9 Å². The summed E-state index contributed by atoms with van der Waals surface area (Å²) in [6, 6.07) is -0.0380. The molecule has 7 heteroatoms. The maximum atomic E-state index is 13.0. The van der Waals surface area contributed by atoms with Crippen LogP contribution in [-0.2, 0) is 17.6 Å². The van der Waals surface area contributed by atoms with Crippen LogP contribution in [0.5, 0.6) is 0 Å². The third-order valence-electron chi connectivity index (χ3n) is 3.66. The first-order valence-corrected chi connectivity index (χ1v) is 7.22. The minimum absolute atomic E-state index is 0.00999. The van der Waals surface area contributed by atoms with E-state index in [4.69, 9.17) is 0 Å². The number of aryl methyl sites for hydroxylation is 2. The SMILES string of the molecule is CCc1nc(C)c(CC(=O)NCC2CC(F)CN2)c(=O)[nH]1. The van der Waals surface area contributed by atoms with Gasteiger partial charge in [0.2, 0.25) is 5.91 Å². The number of aromatic nitrogens is 2. The van der Waals surface area contributed by atoms with E-state index in [0.717, 1.165) is 0 Å². The van der Waals surface area contributed by atoms with Crippen molar-refractivity contribution in [3.63, 3.8) is 0 Å². The molecule has 2 rings (SSSR count). The Kier molecular flexibility index (Phi) is 5.06. The highest BCUT2D eigenvalue weighted by Crippen LogP contribution is 2.09. The van der Waals surface area contributed by atoms with Crippen molar-refractivity contribution in [2.75, 3.05) is 13.1 Å². The quantitative estimate of drug-likeness (QED) is 0.714. The maximum absolute atomic E-state index is 13.0. The second kappa shape index (κ2) is 6.80. The predicted molar refractivity (Wildman–Crippen MR) is 77.0 cm³/mol. The molecule has 1 fully saturated rings. The van der Waals surface area contributed by atoms with E-state index in [0.29, 0.717) is 43.0 Å². The summed E-state index contributed by atoms with van der Waals surface area (Å²) in [5.41, 5.74) is 0.693. The summed E-state index contributed by atoms with van der Waals surface area (Å²) in [6.45, 7) is 4.33. The summed E-state index contributed by atoms with van der Waals surface area (Å²) in [7, 11) is 0. The van der Waals surface area contributed by atoms with E-state index in [9.17, 15) is 14.0 Å². The van der Waals surface area contributed by atoms with E-state index in [2.05, 4.69) is 20.6 Å². The van der Waals surface area contributed by atoms with E-state index in [1.165, 1.54) is 0 Å². The Labute approximate surface area is 122 Å². The zero-order valence-electron chi connectivity index (χ0n) is 12.3. The van der Waals surface area contributed by atoms with Gasteiger partial charge in [-0.05, 0) is 13.3 Å². The van der Waals surface area contributed by atoms with Crippen molar-refractivity contribution in [2.24, 2.45) is 0 Å². The minimum Gasteiger partial charge on any atom is -0.354 e. The number of carbonyl (C=O) groups excluding carboxylic acids is 1. The summed E-state index contributed by atoms with van der Waals surface area (Å²) >= 11 is 0. The smallest absolute Gasteiger partial charge is 0.254 e. The molecule has 1 aromatic heterocycles. The molecule has 3 N–H and O–H groups in total. The zero-order chi connectivity index (χ0) is 15.4. The highest BCUT2D eigenvalue weighted by Gasteiger charge is 2.23. The topological polar surface area (TPSA) is 86.9 Å². The average Bonchev–Trinajstić information content (AvgIpc) is 2.86. The normalized spacial score (nSPS) is 21.5. The zero-order valence-corrected chi connectivity index (χ0v) is 12.3. The van der Waals surface area contributed by atoms with Crippen molar-refractivity contribution in [3.05, 3.63) is 27.4 Å². The third kappa shape index (κ3) is 4.10. The number of nitrogens with one attached hydrogen (secondary N) is 3. The number of hydrogen-bond acceptors (Lipinski definition) is 4. The largest absolute Gasteiger partial charge is 0.354 e. The Morgan fingerprint density at radius 1 is 1.52 bits per heavy atom. The molecular formula is C14H21FN4O2. The number of H-pyrrole nitrogens is 1. The summed E-state index contributed by atoms with van der Waals surface area (Å²) in [5.74, 6) is 0.365. The molecule has 0 aliphatic carbocycles. The summed E-state index contributed by atoms with van der Waals surface area (Å²) < 4.78 is 13.0. The highest BCUT2D eigenvalue weighted by molar-refractivity contribution is 5.78. The molecule has 1 amide bonds. The van der Waals surface area contributed by atoms with Crippen molar-refractivity contribution >= 4 is 5.91 Å². The standard InChI is InChI=1S/C14H21FN4O2/c1-3-12-18-8(2)11(14(21)19-12)5-13(20)17-7-10-4-9(15)6-16-10/h9-10,16H,3-7H2,1-2H3,(H,17,20)(H,18,19,21). The molecule has 21 heavy (non-hydrogen) atoms. The molecule has 0 spiro atoms. The molecule has 1 aliphatic heterocycles. The van der Waals surface area contributed by atoms with Crippen molar-refractivity contribution in [1.82, 2.24) is 20.6 Å². The Morgan fingerprint density at radius 3 is 2.86 bits per heavy atom. The molecular weight excluding hydrogens is 275 g/mol. The molecule has 1 saturated heterocycles. The van der Waals surface area contributed by atoms with Gasteiger partial charge in [0.1, 0.15) is 12.0 Å². The molecule has 1 aromatic rings. The van der Waals surface area contributed by atoms with Crippen LogP contribution in [0.2, 0.25) is 0 Å². The maximum Gasteiger partial charge on any atom is 0.254 e. The van der Waals surface area contributed by atoms with E-state index in [1.54, 1.807) is 6.92 Å². The van der Waals surface area contributed by atoms with E-state index < -0.39 is 6.17 Å². The molecule has 116 valence electrons. The lowest BCUT2D eigenvalue weighted by Gasteiger charge is -2.11. The number of carbonyl (C=O) groups is 1. The molecule has 2 heterocycles. The summed E-state index contributed by atoms with van der Waals surface area (Å²) in [4.78, 5) is 30.7. The Hall–Kier alpha value is -1.76. The second-order valence-electron chi connectivity index (χ2n) is 5.35. The van der Waals surface area contributed by atoms with Gasteiger partial charge in [-0.3, -0.25) is 9.59 Å². The van der Waals surface area contributed by atoms with Crippen molar-refractivity contribution in [2.45, 2.75) is 45.3 Å². The van der Waals surface area contributed by atoms with Crippen LogP contribution in [-0.4, -0.2) is 41.2 Å². The molecule has 0 saturated carbocycles. The minimum atomic E-state index is -0.845. The third-order valence-corrected chi connectivity index (χ3v) is 3.66. The lowest BCUT2D eigenvalue weighted by atomic mass is 10.1. The molecule has 6 nitrogen and oxygen atoms in total. The number of aromatic amines is 1. The van der Waals surface area contributed by atoms with Crippen LogP contribution in [0.3, 0.4) is 0 Å². The molecule has 0 bridgehead atoms. The van der Waals surface area contributed by atoms with Crippen LogP contribution in [0.15, 0.2) is 4.79 Å². The van der Waals surface area contributed by atoms with Gasteiger partial charge < -0.3 is 15.6 Å². The predicted octanol–water partition coefficient (Wildman–Crippen LogP) is -0.000580. The summed E-state index contributed by atoms with van der Waals surface area (Å²) in [5, 5.41) is 5.72. The number of amides is 1. The summed E-state index contributed by atoms with van der Waals surface area (Å²) in [6.07, 6.45) is 0.194. The molecule has 1 aliphatic rings. The Bertz CT molecular complexity index is 573. The molecule has 2 atom stereocenters. The first-order valence-electron chi connectivity index (χ1n) is 7.22. The van der Waals surface area contributed by atoms with Crippen LogP contribution >= 0.6 is 0 Å². The van der Waals surface area contributed by atoms with Gasteiger partial charge in [0.25, 0.3) is 5.56 Å². The van der Waals surface area contributed by atoms with Crippen LogP contribution < -0.4 is 16.2 Å². The monoisotopic (exact) mass is 296 g/mol. The van der Waals surface area contributed by atoms with Gasteiger partial charge in [-0.2, -0.15) is 0 Å². The average molecular weight is 296 g/mol. The lowest BCUT2D eigenvalue weighted by molar-refractivity contribution is -0.120. The molecule has 2 unspecified atom stereocenters. The number of nitrogens with zero attached hydrogens (tertiary/aromatic N) is 1. The van der Waals surface area contributed by atoms with Gasteiger partial charge in [0, 0.05) is 36.8 Å². The van der Waals surface area contributed by atoms with Gasteiger partial charge in [-0.1, -0.05) is 6.92 Å². The van der Waals surface area contributed by atoms with Crippen LogP contribution in [0, 0.1) is 6.92 Å². The van der Waals surface area contributed by atoms with Crippen LogP contribution in [0.1, 0.15) is 30.4 Å². The number of alkyl halides is 1. The van der Waals surface area contributed by atoms with E-state index in [1.807, 2.05) is 6.92 Å². The van der Waals surface area contributed by atoms with Gasteiger partial charge in [-0.15, -0.1) is 0 Å². The number of hydrogen-bond donors (Lipinski definition) is 3. The highest BCUT2D eigenvalue weighted by atomic mass is 19.1. The number of rotatable bonds is 5. The van der Waals surface area contributed by atoms with Crippen molar-refractivity contribution in [1.29, 1.82) is 0 Å². The van der Waals surface area contributed by atoms with Crippen LogP contribution in [0.4, 0.5) is 4.39 Å². The van der Waals surface area contributed by atoms with Gasteiger partial charge >= 0.3 is 0 Å². The fourth-order valence-electron chi connectivity index (χ4n) is 2.43. The molecule has 0 radical (unpaired) electrons. The van der Waals surface area contributed by atoms with Gasteiger partial charge in [-0.25, -0.2) is 9.37 Å². The lowest BCUT2D eigenvalue weighted by Crippen LogP contribution is -2.38. The van der Waals surface area contributed by atoms with Crippen molar-refractivity contribution < 1.29 is 9.18 Å². The fraction of sp³-hybridized carbons (Fsp3) is 0.643. The first kappa shape index (κ1) is 15.6. The van der Waals surface area contributed by atoms with E-state index >= 15 is 0 Å². The second-order valence-corrected chi connectivity index (χ2v) is 5.35. The number of halogens is 1. The van der Waals surface area contributed by atoms with Crippen LogP contribution in [0.25, 0.3) is 0 Å². The van der Waals surface area contributed by atoms with Gasteiger partial charge in [0.15, 0.2) is 0 Å². The fourth-order valence-corrected chi connectivity index (χ4v) is 2.43. The Balaban J connectivity index is 1.92. The first-order chi connectivity index (χ1) is 9.99. The van der Waals surface area contributed by atoms with Crippen molar-refractivity contribution in [3.8, 4) is 0 Å². The Morgan fingerprint density at radius 2 is 2.29 bits per heavy atom. The molecule has 0 aromatic carbocycles. The van der Waals surface area contributed by atoms with Gasteiger partial charge in [0.05, 0.1) is 6.42 Å².